The van der Waals surface area contributed by atoms with Crippen LogP contribution in [0.3, 0.4) is 0 Å². The number of hydrogen-bond acceptors (Lipinski definition) is 4. The first-order valence-electron chi connectivity index (χ1n) is 17.5. The lowest BCUT2D eigenvalue weighted by Gasteiger charge is -2.27. The Kier molecular flexibility index (Phi) is 6.63. The predicted molar refractivity (Wildman–Crippen MR) is 225 cm³/mol. The maximum Gasteiger partial charge on any atom is 0.143 e. The van der Waals surface area contributed by atoms with Crippen LogP contribution in [0.15, 0.2) is 180 Å². The Morgan fingerprint density at radius 3 is 1.79 bits per heavy atom. The highest BCUT2D eigenvalue weighted by atomic mass is 32.1. The quantitative estimate of drug-likeness (QED) is 0.178. The Balaban J connectivity index is 1.16. The summed E-state index contributed by atoms with van der Waals surface area (Å²) in [5.41, 5.74) is 9.71. The van der Waals surface area contributed by atoms with E-state index >= 15 is 0 Å². The fourth-order valence-corrected chi connectivity index (χ4v) is 10.1. The monoisotopic (exact) mass is 699 g/mol. The molecule has 3 aromatic heterocycles. The standard InChI is InChI=1S/C48H29NOS2/c1-2-11-30(12-3-1)41-27-31(21-24-34(41)39-16-10-17-40-35-13-4-7-18-43(35)50-48(39)40)49(32-23-26-46-42(28-32)37-15-6-9-20-45(37)51-46)33-22-25-38-36-14-5-8-19-44(36)52-47(38)29-33/h1-29H. The SMILES string of the molecule is c1ccc(-c2cc(N(c3ccc4c(c3)sc3ccccc34)c3ccc4sc5ccccc5c4c3)ccc2-c2cccc3c2oc2ccccc23)cc1. The van der Waals surface area contributed by atoms with E-state index in [0.29, 0.717) is 0 Å². The number of anilines is 3. The Labute approximate surface area is 308 Å². The second-order valence-electron chi connectivity index (χ2n) is 13.3. The van der Waals surface area contributed by atoms with Crippen LogP contribution >= 0.6 is 22.7 Å². The van der Waals surface area contributed by atoms with Gasteiger partial charge in [0.1, 0.15) is 11.2 Å². The molecule has 8 aromatic carbocycles. The zero-order chi connectivity index (χ0) is 34.2. The summed E-state index contributed by atoms with van der Waals surface area (Å²) in [6.07, 6.45) is 0. The van der Waals surface area contributed by atoms with Gasteiger partial charge in [-0.15, -0.1) is 22.7 Å². The van der Waals surface area contributed by atoms with Crippen LogP contribution in [0.1, 0.15) is 0 Å². The fourth-order valence-electron chi connectivity index (χ4n) is 7.88. The van der Waals surface area contributed by atoms with Crippen molar-refractivity contribution in [2.24, 2.45) is 0 Å². The zero-order valence-electron chi connectivity index (χ0n) is 27.9. The topological polar surface area (TPSA) is 16.4 Å². The van der Waals surface area contributed by atoms with Crippen molar-refractivity contribution in [3.05, 3.63) is 176 Å². The minimum absolute atomic E-state index is 0.905. The molecule has 0 aliphatic carbocycles. The van der Waals surface area contributed by atoms with Crippen LogP contribution in [0.2, 0.25) is 0 Å². The highest BCUT2D eigenvalue weighted by Crippen LogP contribution is 2.46. The molecule has 0 saturated carbocycles. The van der Waals surface area contributed by atoms with Crippen LogP contribution in [-0.4, -0.2) is 0 Å². The third-order valence-electron chi connectivity index (χ3n) is 10.3. The van der Waals surface area contributed by atoms with Crippen LogP contribution < -0.4 is 4.90 Å². The van der Waals surface area contributed by atoms with E-state index in [2.05, 4.69) is 175 Å². The van der Waals surface area contributed by atoms with E-state index in [-0.39, 0.29) is 0 Å². The van der Waals surface area contributed by atoms with Gasteiger partial charge in [-0.1, -0.05) is 115 Å². The number of thiophene rings is 2. The molecule has 0 radical (unpaired) electrons. The number of rotatable bonds is 5. The number of benzene rings is 8. The van der Waals surface area contributed by atoms with Gasteiger partial charge in [0.25, 0.3) is 0 Å². The third-order valence-corrected chi connectivity index (χ3v) is 12.6. The van der Waals surface area contributed by atoms with Gasteiger partial charge in [-0.25, -0.2) is 0 Å². The molecule has 0 amide bonds. The highest BCUT2D eigenvalue weighted by Gasteiger charge is 2.21. The van der Waals surface area contributed by atoms with Gasteiger partial charge in [0.15, 0.2) is 0 Å². The maximum atomic E-state index is 6.57. The third kappa shape index (κ3) is 4.62. The molecule has 0 bridgehead atoms. The molecule has 11 rings (SSSR count). The van der Waals surface area contributed by atoms with Crippen LogP contribution in [0.4, 0.5) is 17.1 Å². The van der Waals surface area contributed by atoms with Gasteiger partial charge in [0.05, 0.1) is 0 Å². The van der Waals surface area contributed by atoms with Gasteiger partial charge in [-0.05, 0) is 77.4 Å². The molecule has 11 aromatic rings. The summed E-state index contributed by atoms with van der Waals surface area (Å²) in [7, 11) is 0. The fraction of sp³-hybridized carbons (Fsp3) is 0. The molecular formula is C48H29NOS2. The molecule has 3 heterocycles. The minimum atomic E-state index is 0.905. The van der Waals surface area contributed by atoms with Crippen molar-refractivity contribution in [2.45, 2.75) is 0 Å². The van der Waals surface area contributed by atoms with Gasteiger partial charge < -0.3 is 9.32 Å². The second-order valence-corrected chi connectivity index (χ2v) is 15.4. The number of hydrogen-bond donors (Lipinski definition) is 0. The molecule has 0 fully saturated rings. The Morgan fingerprint density at radius 1 is 0.346 bits per heavy atom. The molecule has 4 heteroatoms. The largest absolute Gasteiger partial charge is 0.455 e. The second kappa shape index (κ2) is 11.7. The molecular weight excluding hydrogens is 671 g/mol. The normalized spacial score (nSPS) is 11.8. The van der Waals surface area contributed by atoms with E-state index in [0.717, 1.165) is 61.3 Å². The lowest BCUT2D eigenvalue weighted by molar-refractivity contribution is 0.670. The first-order chi connectivity index (χ1) is 25.8. The predicted octanol–water partition coefficient (Wildman–Crippen LogP) is 15.1. The van der Waals surface area contributed by atoms with Gasteiger partial charge in [-0.2, -0.15) is 0 Å². The van der Waals surface area contributed by atoms with Crippen molar-refractivity contribution in [3.8, 4) is 22.3 Å². The van der Waals surface area contributed by atoms with E-state index in [1.165, 1.54) is 40.3 Å². The number of nitrogens with zero attached hydrogens (tertiary/aromatic N) is 1. The summed E-state index contributed by atoms with van der Waals surface area (Å²) >= 11 is 3.71. The summed E-state index contributed by atoms with van der Waals surface area (Å²) in [5, 5.41) is 7.44. The molecule has 0 unspecified atom stereocenters. The Hall–Kier alpha value is -6.20. The summed E-state index contributed by atoms with van der Waals surface area (Å²) in [6.45, 7) is 0. The van der Waals surface area contributed by atoms with Crippen molar-refractivity contribution in [1.29, 1.82) is 0 Å². The van der Waals surface area contributed by atoms with Crippen molar-refractivity contribution in [3.63, 3.8) is 0 Å². The number of para-hydroxylation sites is 2. The summed E-state index contributed by atoms with van der Waals surface area (Å²) in [4.78, 5) is 2.42. The highest BCUT2D eigenvalue weighted by molar-refractivity contribution is 7.26. The van der Waals surface area contributed by atoms with E-state index < -0.39 is 0 Å². The average Bonchev–Trinajstić information content (AvgIpc) is 3.89. The maximum absolute atomic E-state index is 6.57. The minimum Gasteiger partial charge on any atom is -0.455 e. The first kappa shape index (κ1) is 29.5. The van der Waals surface area contributed by atoms with Gasteiger partial charge >= 0.3 is 0 Å². The van der Waals surface area contributed by atoms with Gasteiger partial charge in [-0.3, -0.25) is 0 Å². The lowest BCUT2D eigenvalue weighted by Crippen LogP contribution is -2.10. The lowest BCUT2D eigenvalue weighted by atomic mass is 9.92. The van der Waals surface area contributed by atoms with Crippen molar-refractivity contribution < 1.29 is 4.42 Å². The number of furan rings is 1. The molecule has 0 atom stereocenters. The zero-order valence-corrected chi connectivity index (χ0v) is 29.5. The molecule has 0 N–H and O–H groups in total. The molecule has 0 aliphatic rings. The van der Waals surface area contributed by atoms with Crippen LogP contribution in [0, 0.1) is 0 Å². The van der Waals surface area contributed by atoms with Gasteiger partial charge in [0, 0.05) is 73.7 Å². The van der Waals surface area contributed by atoms with E-state index in [1.807, 2.05) is 28.7 Å². The average molecular weight is 700 g/mol. The van der Waals surface area contributed by atoms with E-state index in [1.54, 1.807) is 0 Å². The molecule has 0 saturated heterocycles. The summed E-state index contributed by atoms with van der Waals surface area (Å²) in [5.74, 6) is 0. The molecule has 0 spiro atoms. The number of fused-ring (bicyclic) bond motifs is 9. The molecule has 0 aliphatic heterocycles. The summed E-state index contributed by atoms with van der Waals surface area (Å²) < 4.78 is 11.8. The van der Waals surface area contributed by atoms with Crippen LogP contribution in [-0.2, 0) is 0 Å². The molecule has 52 heavy (non-hydrogen) atoms. The Bertz CT molecular complexity index is 3150. The van der Waals surface area contributed by atoms with Crippen molar-refractivity contribution in [2.75, 3.05) is 4.90 Å². The van der Waals surface area contributed by atoms with Gasteiger partial charge in [0.2, 0.25) is 0 Å². The molecule has 2 nitrogen and oxygen atoms in total. The molecule has 244 valence electrons. The van der Waals surface area contributed by atoms with Crippen molar-refractivity contribution in [1.82, 2.24) is 0 Å². The first-order valence-corrected chi connectivity index (χ1v) is 19.1. The van der Waals surface area contributed by atoms with E-state index in [9.17, 15) is 0 Å². The summed E-state index contributed by atoms with van der Waals surface area (Å²) in [6, 6.07) is 63.8. The smallest absolute Gasteiger partial charge is 0.143 e. The van der Waals surface area contributed by atoms with Crippen LogP contribution in [0.25, 0.3) is 84.5 Å². The van der Waals surface area contributed by atoms with E-state index in [4.69, 9.17) is 4.42 Å². The van der Waals surface area contributed by atoms with Crippen LogP contribution in [0.5, 0.6) is 0 Å². The Morgan fingerprint density at radius 2 is 0.942 bits per heavy atom. The van der Waals surface area contributed by atoms with Crippen molar-refractivity contribution >= 4 is 102 Å².